The summed E-state index contributed by atoms with van der Waals surface area (Å²) in [5, 5.41) is 7.65. The molecule has 0 radical (unpaired) electrons. The van der Waals surface area contributed by atoms with Crippen molar-refractivity contribution in [3.05, 3.63) is 59.1 Å². The second-order valence-corrected chi connectivity index (χ2v) is 11.1. The number of nitrogens with zero attached hydrogens (tertiary/aromatic N) is 4. The molecule has 0 spiro atoms. The first kappa shape index (κ1) is 29.1. The molecule has 0 saturated carbocycles. The van der Waals surface area contributed by atoms with E-state index in [-0.39, 0.29) is 24.7 Å². The van der Waals surface area contributed by atoms with Crippen LogP contribution < -0.4 is 20.4 Å². The van der Waals surface area contributed by atoms with Crippen molar-refractivity contribution in [2.45, 2.75) is 26.2 Å². The van der Waals surface area contributed by atoms with Crippen molar-refractivity contribution < 1.29 is 14.3 Å². The van der Waals surface area contributed by atoms with Gasteiger partial charge in [0, 0.05) is 80.4 Å². The van der Waals surface area contributed by atoms with Gasteiger partial charge >= 0.3 is 0 Å². The summed E-state index contributed by atoms with van der Waals surface area (Å²) in [5.41, 5.74) is 3.88. The van der Waals surface area contributed by atoms with Crippen LogP contribution in [0.25, 0.3) is 10.9 Å². The summed E-state index contributed by atoms with van der Waals surface area (Å²) in [6.07, 6.45) is 1.19. The lowest BCUT2D eigenvalue weighted by molar-refractivity contribution is -0.124. The van der Waals surface area contributed by atoms with Crippen LogP contribution in [-0.4, -0.2) is 87.3 Å². The van der Waals surface area contributed by atoms with Crippen molar-refractivity contribution in [3.63, 3.8) is 0 Å². The zero-order valence-electron chi connectivity index (χ0n) is 23.7. The molecule has 2 N–H and O–H groups in total. The topological polar surface area (TPSA) is 90.0 Å². The van der Waals surface area contributed by atoms with E-state index in [1.54, 1.807) is 0 Å². The Morgan fingerprint density at radius 3 is 2.49 bits per heavy atom. The molecule has 0 aliphatic carbocycles. The Kier molecular flexibility index (Phi) is 9.92. The minimum absolute atomic E-state index is 0.0971. The molecular weight excluding hydrogens is 540 g/mol. The number of nitrogens with one attached hydrogen (secondary N) is 2. The standard InChI is InChI=1S/C31H39ClN6O3/c1-23-20-29(38-16-18-41-19-17-38)35-28-7-6-25(22-27(23)28)34-31(40)9-8-30(39)33-10-3-11-36-12-14-37(15-13-36)26-5-2-4-24(32)21-26/h2,4-7,20-22H,3,8-19H2,1H3,(H,33,39)(H,34,40). The number of anilines is 3. The van der Waals surface area contributed by atoms with Crippen molar-refractivity contribution >= 4 is 51.5 Å². The molecule has 10 heteroatoms. The number of fused-ring (bicyclic) bond motifs is 1. The summed E-state index contributed by atoms with van der Waals surface area (Å²) in [4.78, 5) is 36.7. The lowest BCUT2D eigenvalue weighted by Crippen LogP contribution is -2.47. The highest BCUT2D eigenvalue weighted by atomic mass is 35.5. The van der Waals surface area contributed by atoms with E-state index < -0.39 is 0 Å². The van der Waals surface area contributed by atoms with Crippen LogP contribution in [0.2, 0.25) is 5.02 Å². The van der Waals surface area contributed by atoms with Gasteiger partial charge in [0.2, 0.25) is 11.8 Å². The van der Waals surface area contributed by atoms with Gasteiger partial charge < -0.3 is 25.2 Å². The van der Waals surface area contributed by atoms with Gasteiger partial charge in [0.1, 0.15) is 5.82 Å². The van der Waals surface area contributed by atoms with Gasteiger partial charge in [0.15, 0.2) is 0 Å². The van der Waals surface area contributed by atoms with E-state index in [2.05, 4.69) is 44.4 Å². The zero-order valence-corrected chi connectivity index (χ0v) is 24.5. The van der Waals surface area contributed by atoms with Gasteiger partial charge in [-0.2, -0.15) is 0 Å². The molecule has 0 bridgehead atoms. The molecule has 41 heavy (non-hydrogen) atoms. The summed E-state index contributed by atoms with van der Waals surface area (Å²) in [6, 6.07) is 15.8. The molecular formula is C31H39ClN6O3. The highest BCUT2D eigenvalue weighted by Crippen LogP contribution is 2.26. The monoisotopic (exact) mass is 578 g/mol. The number of rotatable bonds is 10. The van der Waals surface area contributed by atoms with Crippen LogP contribution >= 0.6 is 11.6 Å². The van der Waals surface area contributed by atoms with Crippen LogP contribution in [0.1, 0.15) is 24.8 Å². The average molecular weight is 579 g/mol. The van der Waals surface area contributed by atoms with E-state index in [0.29, 0.717) is 25.4 Å². The molecule has 2 aliphatic heterocycles. The summed E-state index contributed by atoms with van der Waals surface area (Å²) in [6.45, 7) is 10.6. The van der Waals surface area contributed by atoms with Crippen LogP contribution in [0.3, 0.4) is 0 Å². The van der Waals surface area contributed by atoms with Crippen LogP contribution in [-0.2, 0) is 14.3 Å². The Morgan fingerprint density at radius 1 is 0.927 bits per heavy atom. The fourth-order valence-corrected chi connectivity index (χ4v) is 5.57. The Balaban J connectivity index is 0.993. The number of benzene rings is 2. The number of ether oxygens (including phenoxy) is 1. The maximum absolute atomic E-state index is 12.5. The van der Waals surface area contributed by atoms with Gasteiger partial charge in [-0.25, -0.2) is 4.98 Å². The number of morpholine rings is 1. The molecule has 0 atom stereocenters. The number of amides is 2. The van der Waals surface area contributed by atoms with Crippen LogP contribution in [0.4, 0.5) is 17.2 Å². The van der Waals surface area contributed by atoms with Gasteiger partial charge in [-0.15, -0.1) is 0 Å². The molecule has 1 aromatic heterocycles. The molecule has 3 heterocycles. The van der Waals surface area contributed by atoms with Crippen molar-refractivity contribution in [3.8, 4) is 0 Å². The third-order valence-corrected chi connectivity index (χ3v) is 7.95. The summed E-state index contributed by atoms with van der Waals surface area (Å²) in [5.74, 6) is 0.685. The SMILES string of the molecule is Cc1cc(N2CCOCC2)nc2ccc(NC(=O)CCC(=O)NCCCN3CCN(c4cccc(Cl)c4)CC3)cc12. The zero-order chi connectivity index (χ0) is 28.6. The third kappa shape index (κ3) is 8.09. The van der Waals surface area contributed by atoms with E-state index in [1.807, 2.05) is 36.4 Å². The van der Waals surface area contributed by atoms with Gasteiger partial charge in [0.05, 0.1) is 18.7 Å². The Morgan fingerprint density at radius 2 is 1.71 bits per heavy atom. The highest BCUT2D eigenvalue weighted by molar-refractivity contribution is 6.30. The number of pyridine rings is 1. The molecule has 0 unspecified atom stereocenters. The molecule has 218 valence electrons. The minimum atomic E-state index is -0.173. The van der Waals surface area contributed by atoms with Gasteiger partial charge in [0.25, 0.3) is 0 Å². The van der Waals surface area contributed by atoms with Crippen LogP contribution in [0, 0.1) is 6.92 Å². The van der Waals surface area contributed by atoms with E-state index in [9.17, 15) is 9.59 Å². The second kappa shape index (κ2) is 14.0. The van der Waals surface area contributed by atoms with Crippen molar-refractivity contribution in [1.82, 2.24) is 15.2 Å². The number of carbonyl (C=O) groups is 2. The fourth-order valence-electron chi connectivity index (χ4n) is 5.38. The van der Waals surface area contributed by atoms with Crippen molar-refractivity contribution in [2.75, 3.05) is 80.7 Å². The summed E-state index contributed by atoms with van der Waals surface area (Å²) >= 11 is 6.13. The number of hydrogen-bond donors (Lipinski definition) is 2. The number of carbonyl (C=O) groups excluding carboxylic acids is 2. The summed E-state index contributed by atoms with van der Waals surface area (Å²) in [7, 11) is 0. The summed E-state index contributed by atoms with van der Waals surface area (Å²) < 4.78 is 5.45. The largest absolute Gasteiger partial charge is 0.378 e. The Bertz CT molecular complexity index is 1350. The van der Waals surface area contributed by atoms with Gasteiger partial charge in [-0.1, -0.05) is 17.7 Å². The molecule has 2 fully saturated rings. The minimum Gasteiger partial charge on any atom is -0.378 e. The predicted octanol–water partition coefficient (Wildman–Crippen LogP) is 4.08. The molecule has 5 rings (SSSR count). The van der Waals surface area contributed by atoms with E-state index in [1.165, 1.54) is 5.69 Å². The maximum Gasteiger partial charge on any atom is 0.224 e. The number of halogens is 1. The highest BCUT2D eigenvalue weighted by Gasteiger charge is 2.18. The first-order valence-corrected chi connectivity index (χ1v) is 14.9. The average Bonchev–Trinajstić information content (AvgIpc) is 2.99. The van der Waals surface area contributed by atoms with Gasteiger partial charge in [-0.3, -0.25) is 14.5 Å². The fraction of sp³-hybridized carbons (Fsp3) is 0.452. The number of aromatic nitrogens is 1. The molecule has 9 nitrogen and oxygen atoms in total. The number of aryl methyl sites for hydroxylation is 1. The lowest BCUT2D eigenvalue weighted by atomic mass is 10.1. The molecule has 2 amide bonds. The first-order valence-electron chi connectivity index (χ1n) is 14.5. The first-order chi connectivity index (χ1) is 19.9. The predicted molar refractivity (Wildman–Crippen MR) is 165 cm³/mol. The molecule has 2 aromatic carbocycles. The normalized spacial score (nSPS) is 16.1. The molecule has 2 saturated heterocycles. The Labute approximate surface area is 246 Å². The van der Waals surface area contributed by atoms with Crippen LogP contribution in [0.5, 0.6) is 0 Å². The molecule has 3 aromatic rings. The molecule has 2 aliphatic rings. The van der Waals surface area contributed by atoms with Crippen LogP contribution in [0.15, 0.2) is 48.5 Å². The Hall–Kier alpha value is -3.40. The number of hydrogen-bond acceptors (Lipinski definition) is 7. The van der Waals surface area contributed by atoms with E-state index >= 15 is 0 Å². The maximum atomic E-state index is 12.5. The van der Waals surface area contributed by atoms with E-state index in [4.69, 9.17) is 21.3 Å². The number of piperazine rings is 1. The second-order valence-electron chi connectivity index (χ2n) is 10.7. The van der Waals surface area contributed by atoms with Gasteiger partial charge in [-0.05, 0) is 67.9 Å². The van der Waals surface area contributed by atoms with Crippen molar-refractivity contribution in [2.24, 2.45) is 0 Å². The van der Waals surface area contributed by atoms with Crippen molar-refractivity contribution in [1.29, 1.82) is 0 Å². The van der Waals surface area contributed by atoms with E-state index in [0.717, 1.165) is 79.5 Å². The lowest BCUT2D eigenvalue weighted by Gasteiger charge is -2.36. The third-order valence-electron chi connectivity index (χ3n) is 7.72. The quantitative estimate of drug-likeness (QED) is 0.350. The smallest absolute Gasteiger partial charge is 0.224 e.